The van der Waals surface area contributed by atoms with Gasteiger partial charge in [0.05, 0.1) is 12.7 Å². The van der Waals surface area contributed by atoms with E-state index in [1.807, 2.05) is 12.1 Å². The normalized spacial score (nSPS) is 15.1. The van der Waals surface area contributed by atoms with Crippen LogP contribution in [0, 0.1) is 0 Å². The van der Waals surface area contributed by atoms with Gasteiger partial charge in [-0.15, -0.1) is 0 Å². The average Bonchev–Trinajstić information content (AvgIpc) is 2.75. The number of halogens is 1. The monoisotopic (exact) mass is 286 g/mol. The average molecular weight is 287 g/mol. The summed E-state index contributed by atoms with van der Waals surface area (Å²) in [5, 5.41) is 0.615. The van der Waals surface area contributed by atoms with Crippen molar-refractivity contribution in [3.63, 3.8) is 0 Å². The molecule has 0 unspecified atom stereocenters. The molecular weight excluding hydrogens is 276 g/mol. The van der Waals surface area contributed by atoms with Crippen LogP contribution in [0.5, 0.6) is 11.5 Å². The lowest BCUT2D eigenvalue weighted by Gasteiger charge is -2.01. The van der Waals surface area contributed by atoms with Crippen LogP contribution in [0.3, 0.4) is 0 Å². The molecule has 2 aromatic rings. The summed E-state index contributed by atoms with van der Waals surface area (Å²) in [6, 6.07) is 12.4. The Kier molecular flexibility index (Phi) is 3.20. The Morgan fingerprint density at radius 1 is 1.20 bits per heavy atom. The summed E-state index contributed by atoms with van der Waals surface area (Å²) >= 11 is 5.92. The van der Waals surface area contributed by atoms with Gasteiger partial charge in [-0.25, -0.2) is 0 Å². The van der Waals surface area contributed by atoms with E-state index in [-0.39, 0.29) is 11.5 Å². The van der Waals surface area contributed by atoms with Crippen molar-refractivity contribution >= 4 is 23.5 Å². The molecule has 1 aliphatic heterocycles. The molecule has 0 amide bonds. The maximum Gasteiger partial charge on any atom is 0.231 e. The van der Waals surface area contributed by atoms with Gasteiger partial charge < -0.3 is 9.47 Å². The van der Waals surface area contributed by atoms with Crippen molar-refractivity contribution in [1.29, 1.82) is 0 Å². The third kappa shape index (κ3) is 2.28. The summed E-state index contributed by atoms with van der Waals surface area (Å²) in [4.78, 5) is 12.2. The highest BCUT2D eigenvalue weighted by atomic mass is 35.5. The number of benzene rings is 2. The van der Waals surface area contributed by atoms with Gasteiger partial charge in [-0.05, 0) is 35.9 Å². The number of carbonyl (C=O) groups excluding carboxylic acids is 1. The summed E-state index contributed by atoms with van der Waals surface area (Å²) in [6.45, 7) is 0. The largest absolute Gasteiger partial charge is 0.497 e. The summed E-state index contributed by atoms with van der Waals surface area (Å²) < 4.78 is 10.7. The number of fused-ring (bicyclic) bond motifs is 1. The molecule has 3 rings (SSSR count). The summed E-state index contributed by atoms with van der Waals surface area (Å²) in [5.74, 6) is 1.32. The summed E-state index contributed by atoms with van der Waals surface area (Å²) in [5.41, 5.74) is 1.36. The minimum Gasteiger partial charge on any atom is -0.497 e. The van der Waals surface area contributed by atoms with Crippen LogP contribution in [0.1, 0.15) is 15.9 Å². The number of rotatable bonds is 2. The molecule has 3 nitrogen and oxygen atoms in total. The molecule has 0 atom stereocenters. The molecule has 0 radical (unpaired) electrons. The highest BCUT2D eigenvalue weighted by Crippen LogP contribution is 2.34. The Balaban J connectivity index is 1.97. The van der Waals surface area contributed by atoms with Gasteiger partial charge in [0.1, 0.15) is 11.5 Å². The summed E-state index contributed by atoms with van der Waals surface area (Å²) in [7, 11) is 1.57. The minimum atomic E-state index is -0.136. The maximum absolute atomic E-state index is 12.2. The zero-order valence-corrected chi connectivity index (χ0v) is 11.5. The highest BCUT2D eigenvalue weighted by Gasteiger charge is 2.27. The lowest BCUT2D eigenvalue weighted by atomic mass is 10.1. The van der Waals surface area contributed by atoms with E-state index >= 15 is 0 Å². The molecule has 0 aliphatic carbocycles. The molecule has 0 saturated heterocycles. The number of carbonyl (C=O) groups is 1. The molecule has 0 bridgehead atoms. The van der Waals surface area contributed by atoms with Crippen LogP contribution in [0.2, 0.25) is 5.02 Å². The molecular formula is C16H11ClO3. The Labute approximate surface area is 121 Å². The van der Waals surface area contributed by atoms with Crippen molar-refractivity contribution in [3.8, 4) is 11.5 Å². The van der Waals surface area contributed by atoms with Crippen molar-refractivity contribution in [1.82, 2.24) is 0 Å². The fraction of sp³-hybridized carbons (Fsp3) is 0.0625. The summed E-state index contributed by atoms with van der Waals surface area (Å²) in [6.07, 6.45) is 1.68. The van der Waals surface area contributed by atoms with Crippen molar-refractivity contribution < 1.29 is 14.3 Å². The van der Waals surface area contributed by atoms with E-state index in [0.29, 0.717) is 22.1 Å². The SMILES string of the molecule is COc1ccc2c(c1)O/C(=C\c1cccc(Cl)c1)C2=O. The van der Waals surface area contributed by atoms with E-state index in [1.165, 1.54) is 0 Å². The smallest absolute Gasteiger partial charge is 0.231 e. The third-order valence-corrected chi connectivity index (χ3v) is 3.26. The van der Waals surface area contributed by atoms with Crippen LogP contribution in [0.4, 0.5) is 0 Å². The fourth-order valence-corrected chi connectivity index (χ4v) is 2.24. The second-order valence-corrected chi connectivity index (χ2v) is 4.79. The Morgan fingerprint density at radius 3 is 2.80 bits per heavy atom. The van der Waals surface area contributed by atoms with Crippen LogP contribution in [-0.4, -0.2) is 12.9 Å². The minimum absolute atomic E-state index is 0.136. The zero-order chi connectivity index (χ0) is 14.1. The van der Waals surface area contributed by atoms with Gasteiger partial charge in [0.25, 0.3) is 0 Å². The van der Waals surface area contributed by atoms with E-state index in [9.17, 15) is 4.79 Å². The van der Waals surface area contributed by atoms with Gasteiger partial charge in [-0.3, -0.25) is 4.79 Å². The molecule has 100 valence electrons. The number of Topliss-reactive ketones (excluding diaryl/α,β-unsaturated/α-hetero) is 1. The standard InChI is InChI=1S/C16H11ClO3/c1-19-12-5-6-13-14(9-12)20-15(16(13)18)8-10-3-2-4-11(17)7-10/h2-9H,1H3/b15-8-. The van der Waals surface area contributed by atoms with E-state index in [4.69, 9.17) is 21.1 Å². The second-order valence-electron chi connectivity index (χ2n) is 4.36. The molecule has 4 heteroatoms. The maximum atomic E-state index is 12.2. The molecule has 0 spiro atoms. The van der Waals surface area contributed by atoms with Gasteiger partial charge >= 0.3 is 0 Å². The first-order chi connectivity index (χ1) is 9.67. The van der Waals surface area contributed by atoms with Crippen LogP contribution in [-0.2, 0) is 0 Å². The Morgan fingerprint density at radius 2 is 2.05 bits per heavy atom. The van der Waals surface area contributed by atoms with Crippen LogP contribution < -0.4 is 9.47 Å². The number of ether oxygens (including phenoxy) is 2. The van der Waals surface area contributed by atoms with Crippen molar-refractivity contribution in [2.24, 2.45) is 0 Å². The van der Waals surface area contributed by atoms with Gasteiger partial charge in [-0.1, -0.05) is 23.7 Å². The first-order valence-electron chi connectivity index (χ1n) is 6.05. The van der Waals surface area contributed by atoms with E-state index in [1.54, 1.807) is 43.5 Å². The van der Waals surface area contributed by atoms with Crippen LogP contribution >= 0.6 is 11.6 Å². The predicted molar refractivity (Wildman–Crippen MR) is 77.4 cm³/mol. The van der Waals surface area contributed by atoms with E-state index in [0.717, 1.165) is 5.56 Å². The van der Waals surface area contributed by atoms with Gasteiger partial charge in [0.15, 0.2) is 5.76 Å². The molecule has 20 heavy (non-hydrogen) atoms. The molecule has 1 heterocycles. The van der Waals surface area contributed by atoms with E-state index < -0.39 is 0 Å². The highest BCUT2D eigenvalue weighted by molar-refractivity contribution is 6.30. The lowest BCUT2D eigenvalue weighted by Crippen LogP contribution is -1.97. The zero-order valence-electron chi connectivity index (χ0n) is 10.7. The number of hydrogen-bond donors (Lipinski definition) is 0. The third-order valence-electron chi connectivity index (χ3n) is 3.02. The van der Waals surface area contributed by atoms with E-state index in [2.05, 4.69) is 0 Å². The Hall–Kier alpha value is -2.26. The number of ketones is 1. The van der Waals surface area contributed by atoms with Crippen molar-refractivity contribution in [2.45, 2.75) is 0 Å². The first kappa shape index (κ1) is 12.8. The molecule has 0 N–H and O–H groups in total. The van der Waals surface area contributed by atoms with Gasteiger partial charge in [0.2, 0.25) is 5.78 Å². The fourth-order valence-electron chi connectivity index (χ4n) is 2.04. The molecule has 0 saturated carbocycles. The van der Waals surface area contributed by atoms with Gasteiger partial charge in [-0.2, -0.15) is 0 Å². The number of methoxy groups -OCH3 is 1. The van der Waals surface area contributed by atoms with Crippen LogP contribution in [0.25, 0.3) is 6.08 Å². The molecule has 1 aliphatic rings. The first-order valence-corrected chi connectivity index (χ1v) is 6.43. The number of hydrogen-bond acceptors (Lipinski definition) is 3. The predicted octanol–water partition coefficient (Wildman–Crippen LogP) is 3.96. The quantitative estimate of drug-likeness (QED) is 0.784. The molecule has 2 aromatic carbocycles. The van der Waals surface area contributed by atoms with Gasteiger partial charge in [0, 0.05) is 11.1 Å². The molecule has 0 aromatic heterocycles. The Bertz CT molecular complexity index is 719. The topological polar surface area (TPSA) is 35.5 Å². The molecule has 0 fully saturated rings. The second kappa shape index (κ2) is 5.02. The van der Waals surface area contributed by atoms with Crippen molar-refractivity contribution in [2.75, 3.05) is 7.11 Å². The lowest BCUT2D eigenvalue weighted by molar-refractivity contribution is 0.101. The van der Waals surface area contributed by atoms with Crippen molar-refractivity contribution in [3.05, 3.63) is 64.4 Å². The van der Waals surface area contributed by atoms with Crippen LogP contribution in [0.15, 0.2) is 48.2 Å². The number of allylic oxidation sites excluding steroid dienone is 1.